The number of carboxylic acids is 1. The van der Waals surface area contributed by atoms with Crippen molar-refractivity contribution in [3.05, 3.63) is 0 Å². The number of sulfonamides is 1. The van der Waals surface area contributed by atoms with Crippen LogP contribution in [0.2, 0.25) is 0 Å². The first-order valence-electron chi connectivity index (χ1n) is 9.42. The van der Waals surface area contributed by atoms with Crippen LogP contribution >= 0.6 is 0 Å². The van der Waals surface area contributed by atoms with Crippen LogP contribution < -0.4 is 5.11 Å². The Labute approximate surface area is 196 Å². The monoisotopic (exact) mass is 584 g/mol. The lowest BCUT2D eigenvalue weighted by molar-refractivity contribution is -0.884. The summed E-state index contributed by atoms with van der Waals surface area (Å²) in [6.45, 7) is -1.12. The van der Waals surface area contributed by atoms with Gasteiger partial charge in [-0.15, -0.1) is 0 Å². The molecule has 0 rings (SSSR count). The smallest absolute Gasteiger partial charge is 0.460 e. The zero-order valence-corrected chi connectivity index (χ0v) is 19.4. The van der Waals surface area contributed by atoms with Gasteiger partial charge in [0, 0.05) is 26.4 Å². The number of nitrogens with zero attached hydrogens (tertiary/aromatic N) is 2. The molecule has 0 aliphatic rings. The second-order valence-electron chi connectivity index (χ2n) is 8.43. The Morgan fingerprint density at radius 3 is 1.61 bits per heavy atom. The van der Waals surface area contributed by atoms with Crippen LogP contribution in [0.5, 0.6) is 0 Å². The lowest BCUT2D eigenvalue weighted by atomic mass is 9.93. The van der Waals surface area contributed by atoms with Crippen molar-refractivity contribution in [2.45, 2.75) is 48.6 Å². The second kappa shape index (κ2) is 10.3. The third-order valence-electron chi connectivity index (χ3n) is 4.94. The number of likely N-dealkylation sites (N-methyl/N-ethyl adjacent to an activating group) is 1. The quantitative estimate of drug-likeness (QED) is 0.233. The van der Waals surface area contributed by atoms with Crippen molar-refractivity contribution in [3.63, 3.8) is 0 Å². The molecule has 0 aromatic rings. The van der Waals surface area contributed by atoms with Crippen molar-refractivity contribution in [2.75, 3.05) is 46.5 Å². The van der Waals surface area contributed by atoms with E-state index in [1.807, 2.05) is 0 Å². The van der Waals surface area contributed by atoms with Gasteiger partial charge in [-0.25, -0.2) is 12.7 Å². The predicted molar refractivity (Wildman–Crippen MR) is 93.3 cm³/mol. The number of carbonyl (C=O) groups excluding carboxylic acids is 1. The molecule has 0 bridgehead atoms. The minimum absolute atomic E-state index is 0.0448. The molecule has 0 aromatic carbocycles. The van der Waals surface area contributed by atoms with Gasteiger partial charge in [0.25, 0.3) is 0 Å². The van der Waals surface area contributed by atoms with Gasteiger partial charge < -0.3 is 14.4 Å². The van der Waals surface area contributed by atoms with Gasteiger partial charge in [0.15, 0.2) is 0 Å². The molecule has 0 aliphatic heterocycles. The molecular formula is C16H21F13N2O4S. The molecule has 6 nitrogen and oxygen atoms in total. The number of aliphatic carboxylic acids is 1. The zero-order valence-electron chi connectivity index (χ0n) is 18.6. The average molecular weight is 584 g/mol. The third-order valence-corrected chi connectivity index (χ3v) is 6.79. The molecule has 0 radical (unpaired) electrons. The minimum Gasteiger partial charge on any atom is -0.544 e. The number of carboxylic acid groups (broad SMARTS) is 1. The van der Waals surface area contributed by atoms with E-state index in [-0.39, 0.29) is 21.8 Å². The second-order valence-corrected chi connectivity index (χ2v) is 10.6. The van der Waals surface area contributed by atoms with Crippen LogP contribution in [-0.2, 0) is 14.8 Å². The first-order valence-corrected chi connectivity index (χ1v) is 11.0. The maximum atomic E-state index is 13.8. The molecule has 36 heavy (non-hydrogen) atoms. The van der Waals surface area contributed by atoms with Crippen LogP contribution in [0, 0.1) is 0 Å². The Kier molecular flexibility index (Phi) is 9.85. The van der Waals surface area contributed by atoms with Crippen molar-refractivity contribution in [2.24, 2.45) is 0 Å². The van der Waals surface area contributed by atoms with Gasteiger partial charge in [-0.1, -0.05) is 0 Å². The number of alkyl halides is 13. The fourth-order valence-corrected chi connectivity index (χ4v) is 3.89. The highest BCUT2D eigenvalue weighted by atomic mass is 32.2. The molecule has 0 saturated carbocycles. The molecule has 0 aliphatic carbocycles. The Hall–Kier alpha value is -1.57. The van der Waals surface area contributed by atoms with E-state index >= 15 is 0 Å². The van der Waals surface area contributed by atoms with E-state index in [0.717, 1.165) is 0 Å². The van der Waals surface area contributed by atoms with Crippen molar-refractivity contribution >= 4 is 16.0 Å². The summed E-state index contributed by atoms with van der Waals surface area (Å²) in [7, 11) is -1.54. The van der Waals surface area contributed by atoms with Crippen LogP contribution in [0.4, 0.5) is 57.1 Å². The highest BCUT2D eigenvalue weighted by molar-refractivity contribution is 7.89. The van der Waals surface area contributed by atoms with Crippen LogP contribution in [0.15, 0.2) is 0 Å². The van der Waals surface area contributed by atoms with Crippen molar-refractivity contribution < 1.29 is 79.9 Å². The first kappa shape index (κ1) is 34.4. The number of quaternary nitrogens is 1. The summed E-state index contributed by atoms with van der Waals surface area (Å²) in [4.78, 5) is 10.6. The van der Waals surface area contributed by atoms with Crippen LogP contribution in [-0.4, -0.2) is 105 Å². The molecule has 0 aromatic heterocycles. The number of carbonyl (C=O) groups is 1. The van der Waals surface area contributed by atoms with E-state index < -0.39 is 77.0 Å². The van der Waals surface area contributed by atoms with Gasteiger partial charge in [-0.2, -0.15) is 57.1 Å². The summed E-state index contributed by atoms with van der Waals surface area (Å²) in [6, 6.07) is 0. The highest BCUT2D eigenvalue weighted by Gasteiger charge is 2.90. The molecule has 0 amide bonds. The maximum absolute atomic E-state index is 13.8. The van der Waals surface area contributed by atoms with Gasteiger partial charge in [0.1, 0.15) is 6.54 Å². The van der Waals surface area contributed by atoms with E-state index in [1.165, 1.54) is 14.1 Å². The molecule has 0 saturated heterocycles. The standard InChI is InChI=1S/C16H21F13N2O4S/c1-30(6-4-7-31(2,3)9-10(32)33)36(34,35)8-5-11(17,18)12(19,20)13(21,22)14(23,24)15(25,26)16(27,28)29/h4-9H2,1-3H3. The van der Waals surface area contributed by atoms with E-state index in [0.29, 0.717) is 7.05 Å². The van der Waals surface area contributed by atoms with Gasteiger partial charge in [-0.3, -0.25) is 0 Å². The molecule has 20 heteroatoms. The third kappa shape index (κ3) is 6.84. The fourth-order valence-electron chi connectivity index (χ4n) is 2.66. The van der Waals surface area contributed by atoms with E-state index in [2.05, 4.69) is 0 Å². The summed E-state index contributed by atoms with van der Waals surface area (Å²) in [5, 5.41) is 10.6. The Morgan fingerprint density at radius 2 is 1.22 bits per heavy atom. The number of halogens is 13. The van der Waals surface area contributed by atoms with Gasteiger partial charge in [-0.05, 0) is 0 Å². The lowest BCUT2D eigenvalue weighted by Crippen LogP contribution is -2.70. The topological polar surface area (TPSA) is 77.5 Å². The number of hydrogen-bond donors (Lipinski definition) is 0. The van der Waals surface area contributed by atoms with Crippen molar-refractivity contribution in [3.8, 4) is 0 Å². The Morgan fingerprint density at radius 1 is 0.806 bits per heavy atom. The SMILES string of the molecule is CN(CCC[N+](C)(C)CC(=O)[O-])S(=O)(=O)CCC(F)(F)C(F)(F)C(F)(F)C(F)(F)C(F)(F)C(F)(F)F. The molecule has 216 valence electrons. The van der Waals surface area contributed by atoms with Gasteiger partial charge >= 0.3 is 35.8 Å². The van der Waals surface area contributed by atoms with Crippen LogP contribution in [0.1, 0.15) is 12.8 Å². The molecule has 0 N–H and O–H groups in total. The fraction of sp³-hybridized carbons (Fsp3) is 0.938. The minimum atomic E-state index is -8.06. The van der Waals surface area contributed by atoms with Crippen molar-refractivity contribution in [1.29, 1.82) is 0 Å². The number of rotatable bonds is 14. The first-order chi connectivity index (χ1) is 15.5. The van der Waals surface area contributed by atoms with E-state index in [9.17, 15) is 75.4 Å². The summed E-state index contributed by atoms with van der Waals surface area (Å²) in [6.07, 6.45) is -10.5. The lowest BCUT2D eigenvalue weighted by Gasteiger charge is -2.39. The van der Waals surface area contributed by atoms with Gasteiger partial charge in [0.2, 0.25) is 10.0 Å². The molecule has 0 spiro atoms. The Bertz CT molecular complexity index is 889. The molecule has 0 heterocycles. The summed E-state index contributed by atoms with van der Waals surface area (Å²) < 4.78 is 194. The summed E-state index contributed by atoms with van der Waals surface area (Å²) >= 11 is 0. The van der Waals surface area contributed by atoms with E-state index in [1.54, 1.807) is 0 Å². The largest absolute Gasteiger partial charge is 0.544 e. The molecule has 0 fully saturated rings. The van der Waals surface area contributed by atoms with E-state index in [4.69, 9.17) is 0 Å². The molecule has 0 atom stereocenters. The normalized spacial score (nSPS) is 15.5. The Balaban J connectivity index is 5.64. The van der Waals surface area contributed by atoms with Crippen LogP contribution in [0.25, 0.3) is 0 Å². The zero-order chi connectivity index (χ0) is 29.4. The summed E-state index contributed by atoms with van der Waals surface area (Å²) in [5.74, 6) is -41.6. The summed E-state index contributed by atoms with van der Waals surface area (Å²) in [5.41, 5.74) is 0. The highest BCUT2D eigenvalue weighted by Crippen LogP contribution is 2.60. The molecular weight excluding hydrogens is 563 g/mol. The molecule has 0 unspecified atom stereocenters. The van der Waals surface area contributed by atoms with Gasteiger partial charge in [0.05, 0.1) is 32.4 Å². The van der Waals surface area contributed by atoms with Crippen LogP contribution in [0.3, 0.4) is 0 Å². The average Bonchev–Trinajstić information content (AvgIpc) is 2.63. The number of hydrogen-bond acceptors (Lipinski definition) is 4. The maximum Gasteiger partial charge on any atom is 0.460 e. The predicted octanol–water partition coefficient (Wildman–Crippen LogP) is 2.59. The van der Waals surface area contributed by atoms with Crippen molar-refractivity contribution in [1.82, 2.24) is 4.31 Å².